The second-order valence-corrected chi connectivity index (χ2v) is 7.83. The number of rotatable bonds is 5. The summed E-state index contributed by atoms with van der Waals surface area (Å²) < 4.78 is 0. The van der Waals surface area contributed by atoms with Crippen LogP contribution in [-0.4, -0.2) is 22.0 Å². The molecule has 0 spiro atoms. The van der Waals surface area contributed by atoms with Crippen molar-refractivity contribution >= 4 is 44.9 Å². The number of carbonyl (C=O) groups excluding carboxylic acids is 2. The van der Waals surface area contributed by atoms with E-state index in [-0.39, 0.29) is 18.2 Å². The van der Waals surface area contributed by atoms with Crippen LogP contribution in [0.4, 0.5) is 11.5 Å². The van der Waals surface area contributed by atoms with Crippen LogP contribution in [0.5, 0.6) is 0 Å². The lowest BCUT2D eigenvalue weighted by molar-refractivity contribution is -0.115. The molecule has 2 amide bonds. The van der Waals surface area contributed by atoms with Gasteiger partial charge in [-0.2, -0.15) is 10.4 Å². The van der Waals surface area contributed by atoms with Gasteiger partial charge in [0.15, 0.2) is 0 Å². The highest BCUT2D eigenvalue weighted by atomic mass is 32.1. The lowest BCUT2D eigenvalue weighted by Gasteiger charge is -2.05. The molecule has 0 aliphatic rings. The lowest BCUT2D eigenvalue weighted by Crippen LogP contribution is -2.14. The van der Waals surface area contributed by atoms with Crippen LogP contribution in [0, 0.1) is 18.3 Å². The molecular weight excluding hydrogens is 398 g/mol. The zero-order chi connectivity index (χ0) is 21.1. The van der Waals surface area contributed by atoms with Gasteiger partial charge in [0.2, 0.25) is 5.91 Å². The molecule has 0 saturated heterocycles. The molecule has 8 heteroatoms. The minimum absolute atomic E-state index is 0.168. The van der Waals surface area contributed by atoms with E-state index in [9.17, 15) is 9.59 Å². The number of aromatic amines is 1. The Hall–Kier alpha value is -3.96. The first-order valence-electron chi connectivity index (χ1n) is 9.17. The summed E-state index contributed by atoms with van der Waals surface area (Å²) >= 11 is 1.39. The number of benzene rings is 2. The second-order valence-electron chi connectivity index (χ2n) is 6.71. The van der Waals surface area contributed by atoms with Crippen LogP contribution in [0.1, 0.15) is 26.4 Å². The molecule has 0 radical (unpaired) electrons. The van der Waals surface area contributed by atoms with E-state index in [1.807, 2.05) is 37.3 Å². The molecule has 148 valence electrons. The summed E-state index contributed by atoms with van der Waals surface area (Å²) in [5, 5.41) is 22.4. The molecule has 0 aliphatic carbocycles. The van der Waals surface area contributed by atoms with Gasteiger partial charge in [-0.05, 0) is 48.9 Å². The zero-order valence-corrected chi connectivity index (χ0v) is 16.8. The average molecular weight is 415 g/mol. The predicted molar refractivity (Wildman–Crippen MR) is 117 cm³/mol. The molecule has 2 aromatic carbocycles. The molecule has 0 unspecified atom stereocenters. The maximum atomic E-state index is 12.6. The number of hydrogen-bond acceptors (Lipinski definition) is 5. The maximum absolute atomic E-state index is 12.6. The predicted octanol–water partition coefficient (Wildman–Crippen LogP) is 4.24. The SMILES string of the molecule is Cc1ccccc1C(=O)Nc1[nH]nc2sc(CC(=O)Nc3ccc(C#N)cc3)cc12. The standard InChI is InChI=1S/C22H17N5O2S/c1-13-4-2-3-5-17(13)21(29)25-20-18-10-16(30-22(18)27-26-20)11-19(28)24-15-8-6-14(12-23)7-9-15/h2-10H,11H2,1H3,(H,24,28)(H2,25,26,27,29). The molecule has 4 aromatic rings. The van der Waals surface area contributed by atoms with Crippen molar-refractivity contribution in [3.8, 4) is 6.07 Å². The van der Waals surface area contributed by atoms with Crippen LogP contribution < -0.4 is 10.6 Å². The van der Waals surface area contributed by atoms with E-state index in [1.165, 1.54) is 11.3 Å². The summed E-state index contributed by atoms with van der Waals surface area (Å²) in [5.41, 5.74) is 2.65. The van der Waals surface area contributed by atoms with Crippen LogP contribution in [-0.2, 0) is 11.2 Å². The van der Waals surface area contributed by atoms with Gasteiger partial charge in [0.25, 0.3) is 5.91 Å². The first-order valence-corrected chi connectivity index (χ1v) is 9.99. The number of H-pyrrole nitrogens is 1. The summed E-state index contributed by atoms with van der Waals surface area (Å²) in [4.78, 5) is 26.5. The van der Waals surface area contributed by atoms with Gasteiger partial charge in [-0.3, -0.25) is 14.7 Å². The number of amides is 2. The number of hydrogen-bond donors (Lipinski definition) is 3. The summed E-state index contributed by atoms with van der Waals surface area (Å²) in [5.74, 6) is 0.122. The molecule has 3 N–H and O–H groups in total. The number of carbonyl (C=O) groups is 2. The fourth-order valence-corrected chi connectivity index (χ4v) is 4.03. The Balaban J connectivity index is 1.46. The van der Waals surface area contributed by atoms with Crippen LogP contribution in [0.25, 0.3) is 10.2 Å². The monoisotopic (exact) mass is 415 g/mol. The highest BCUT2D eigenvalue weighted by molar-refractivity contribution is 7.18. The van der Waals surface area contributed by atoms with Gasteiger partial charge in [0.05, 0.1) is 23.4 Å². The van der Waals surface area contributed by atoms with Crippen LogP contribution >= 0.6 is 11.3 Å². The largest absolute Gasteiger partial charge is 0.326 e. The van der Waals surface area contributed by atoms with Crippen molar-refractivity contribution in [3.05, 3.63) is 76.2 Å². The highest BCUT2D eigenvalue weighted by Crippen LogP contribution is 2.30. The number of nitrogens with one attached hydrogen (secondary N) is 3. The fourth-order valence-electron chi connectivity index (χ4n) is 3.04. The van der Waals surface area contributed by atoms with Crippen LogP contribution in [0.3, 0.4) is 0 Å². The molecule has 4 rings (SSSR count). The first kappa shape index (κ1) is 19.4. The van der Waals surface area contributed by atoms with E-state index in [2.05, 4.69) is 20.8 Å². The Morgan fingerprint density at radius 1 is 1.13 bits per heavy atom. The van der Waals surface area contributed by atoms with Crippen molar-refractivity contribution in [2.45, 2.75) is 13.3 Å². The Morgan fingerprint density at radius 2 is 1.90 bits per heavy atom. The Morgan fingerprint density at radius 3 is 2.63 bits per heavy atom. The molecule has 2 aromatic heterocycles. The molecule has 0 bridgehead atoms. The highest BCUT2D eigenvalue weighted by Gasteiger charge is 2.16. The van der Waals surface area contributed by atoms with Gasteiger partial charge in [-0.25, -0.2) is 0 Å². The van der Waals surface area contributed by atoms with Crippen molar-refractivity contribution in [1.29, 1.82) is 5.26 Å². The number of nitrogens with zero attached hydrogens (tertiary/aromatic N) is 2. The number of fused-ring (bicyclic) bond motifs is 1. The van der Waals surface area contributed by atoms with Gasteiger partial charge in [-0.15, -0.1) is 11.3 Å². The molecule has 30 heavy (non-hydrogen) atoms. The summed E-state index contributed by atoms with van der Waals surface area (Å²) in [6, 6.07) is 17.9. The second kappa shape index (κ2) is 8.19. The molecule has 0 aliphatic heterocycles. The van der Waals surface area contributed by atoms with E-state index in [4.69, 9.17) is 5.26 Å². The lowest BCUT2D eigenvalue weighted by atomic mass is 10.1. The number of thiophene rings is 1. The van der Waals surface area contributed by atoms with Crippen molar-refractivity contribution in [3.63, 3.8) is 0 Å². The number of nitriles is 1. The molecule has 0 atom stereocenters. The molecular formula is C22H17N5O2S. The third kappa shape index (κ3) is 4.06. The van der Waals surface area contributed by atoms with E-state index in [0.717, 1.165) is 20.7 Å². The van der Waals surface area contributed by atoms with Gasteiger partial charge < -0.3 is 10.6 Å². The van der Waals surface area contributed by atoms with Gasteiger partial charge in [0.1, 0.15) is 10.6 Å². The van der Waals surface area contributed by atoms with Crippen molar-refractivity contribution in [1.82, 2.24) is 10.2 Å². The minimum Gasteiger partial charge on any atom is -0.326 e. The Labute approximate surface area is 176 Å². The zero-order valence-electron chi connectivity index (χ0n) is 16.0. The summed E-state index contributed by atoms with van der Waals surface area (Å²) in [7, 11) is 0. The third-order valence-electron chi connectivity index (χ3n) is 4.56. The van der Waals surface area contributed by atoms with Gasteiger partial charge in [-0.1, -0.05) is 18.2 Å². The summed E-state index contributed by atoms with van der Waals surface area (Å²) in [6.07, 6.45) is 0.187. The molecule has 7 nitrogen and oxygen atoms in total. The van der Waals surface area contributed by atoms with E-state index in [0.29, 0.717) is 22.6 Å². The molecule has 0 fully saturated rings. The van der Waals surface area contributed by atoms with E-state index in [1.54, 1.807) is 30.3 Å². The number of aromatic nitrogens is 2. The maximum Gasteiger partial charge on any atom is 0.257 e. The van der Waals surface area contributed by atoms with Crippen LogP contribution in [0.2, 0.25) is 0 Å². The number of aryl methyl sites for hydroxylation is 1. The van der Waals surface area contributed by atoms with Gasteiger partial charge in [0, 0.05) is 16.1 Å². The van der Waals surface area contributed by atoms with E-state index < -0.39 is 0 Å². The average Bonchev–Trinajstić information content (AvgIpc) is 3.30. The Kier molecular flexibility index (Phi) is 5.28. The Bertz CT molecular complexity index is 1280. The first-order chi connectivity index (χ1) is 14.5. The summed E-state index contributed by atoms with van der Waals surface area (Å²) in [6.45, 7) is 1.88. The smallest absolute Gasteiger partial charge is 0.257 e. The normalized spacial score (nSPS) is 10.5. The van der Waals surface area contributed by atoms with Crippen LogP contribution in [0.15, 0.2) is 54.6 Å². The molecule has 2 heterocycles. The quantitative estimate of drug-likeness (QED) is 0.453. The van der Waals surface area contributed by atoms with E-state index >= 15 is 0 Å². The van der Waals surface area contributed by atoms with Gasteiger partial charge >= 0.3 is 0 Å². The third-order valence-corrected chi connectivity index (χ3v) is 5.59. The minimum atomic E-state index is -0.218. The molecule has 0 saturated carbocycles. The van der Waals surface area contributed by atoms with Crippen molar-refractivity contribution in [2.24, 2.45) is 0 Å². The van der Waals surface area contributed by atoms with Crippen molar-refractivity contribution < 1.29 is 9.59 Å². The topological polar surface area (TPSA) is 111 Å². The fraction of sp³-hybridized carbons (Fsp3) is 0.0909. The number of anilines is 2. The van der Waals surface area contributed by atoms with Crippen molar-refractivity contribution in [2.75, 3.05) is 10.6 Å².